The number of hydrogen-bond donors (Lipinski definition) is 1. The van der Waals surface area contributed by atoms with E-state index in [1.54, 1.807) is 6.92 Å². The van der Waals surface area contributed by atoms with E-state index < -0.39 is 0 Å². The van der Waals surface area contributed by atoms with Crippen LogP contribution in [0.4, 0.5) is 5.69 Å². The smallest absolute Gasteiger partial charge is 0.278 e. The van der Waals surface area contributed by atoms with Crippen molar-refractivity contribution >= 4 is 23.1 Å². The summed E-state index contributed by atoms with van der Waals surface area (Å²) in [5.74, 6) is 0.595. The number of hydrogen-bond acceptors (Lipinski definition) is 4. The normalized spacial score (nSPS) is 14.2. The van der Waals surface area contributed by atoms with E-state index in [9.17, 15) is 9.59 Å². The van der Waals surface area contributed by atoms with Gasteiger partial charge in [0.05, 0.1) is 12.2 Å². The van der Waals surface area contributed by atoms with E-state index in [1.807, 2.05) is 55.5 Å². The van der Waals surface area contributed by atoms with E-state index in [0.717, 1.165) is 17.0 Å². The van der Waals surface area contributed by atoms with Crippen LogP contribution in [0.5, 0.6) is 5.75 Å². The summed E-state index contributed by atoms with van der Waals surface area (Å²) in [5, 5.41) is 3.17. The maximum atomic E-state index is 12.9. The molecule has 0 saturated heterocycles. The van der Waals surface area contributed by atoms with Gasteiger partial charge in [0.2, 0.25) is 0 Å². The number of benzene rings is 2. The van der Waals surface area contributed by atoms with Crippen LogP contribution in [0.25, 0.3) is 5.57 Å². The highest BCUT2D eigenvalue weighted by Gasteiger charge is 2.38. The Kier molecular flexibility index (Phi) is 5.83. The van der Waals surface area contributed by atoms with Crippen molar-refractivity contribution in [2.45, 2.75) is 27.7 Å². The van der Waals surface area contributed by atoms with Crippen molar-refractivity contribution in [2.24, 2.45) is 5.92 Å². The standard InChI is InChI=1S/C23H26N2O3/c1-5-25-22(26)20(17-9-11-19(12-10-17)28-14-15(2)3)21(23(25)27)24-18-8-6-7-16(4)13-18/h6-13,15,24H,5,14H2,1-4H3. The minimum atomic E-state index is -0.302. The molecule has 0 spiro atoms. The number of imide groups is 1. The van der Waals surface area contributed by atoms with Gasteiger partial charge in [-0.05, 0) is 55.2 Å². The number of rotatable bonds is 7. The molecule has 5 nitrogen and oxygen atoms in total. The van der Waals surface area contributed by atoms with Crippen LogP contribution in [-0.2, 0) is 9.59 Å². The number of anilines is 1. The number of ether oxygens (including phenoxy) is 1. The molecule has 0 fully saturated rings. The SMILES string of the molecule is CCN1C(=O)C(Nc2cccc(C)c2)=C(c2ccc(OCC(C)C)cc2)C1=O. The summed E-state index contributed by atoms with van der Waals surface area (Å²) in [5.41, 5.74) is 3.25. The van der Waals surface area contributed by atoms with E-state index in [2.05, 4.69) is 19.2 Å². The highest BCUT2D eigenvalue weighted by atomic mass is 16.5. The Morgan fingerprint density at radius 1 is 1.04 bits per heavy atom. The lowest BCUT2D eigenvalue weighted by Gasteiger charge is -2.12. The van der Waals surface area contributed by atoms with Gasteiger partial charge in [0.25, 0.3) is 11.8 Å². The van der Waals surface area contributed by atoms with Gasteiger partial charge in [-0.1, -0.05) is 38.1 Å². The van der Waals surface area contributed by atoms with Crippen LogP contribution in [-0.4, -0.2) is 29.9 Å². The molecule has 0 bridgehead atoms. The lowest BCUT2D eigenvalue weighted by molar-refractivity contribution is -0.136. The third kappa shape index (κ3) is 4.09. The lowest BCUT2D eigenvalue weighted by Crippen LogP contribution is -2.32. The number of carbonyl (C=O) groups excluding carboxylic acids is 2. The Bertz CT molecular complexity index is 914. The average molecular weight is 378 g/mol. The second-order valence-corrected chi connectivity index (χ2v) is 7.33. The summed E-state index contributed by atoms with van der Waals surface area (Å²) in [6.07, 6.45) is 0. The number of amides is 2. The van der Waals surface area contributed by atoms with Crippen LogP contribution >= 0.6 is 0 Å². The Morgan fingerprint density at radius 2 is 1.75 bits per heavy atom. The van der Waals surface area contributed by atoms with E-state index in [0.29, 0.717) is 35.9 Å². The zero-order valence-corrected chi connectivity index (χ0v) is 16.8. The van der Waals surface area contributed by atoms with Gasteiger partial charge < -0.3 is 10.1 Å². The minimum absolute atomic E-state index is 0.279. The molecule has 0 saturated carbocycles. The molecule has 0 aromatic heterocycles. The molecule has 3 rings (SSSR count). The molecule has 1 aliphatic heterocycles. The van der Waals surface area contributed by atoms with Gasteiger partial charge in [-0.2, -0.15) is 0 Å². The zero-order chi connectivity index (χ0) is 20.3. The van der Waals surface area contributed by atoms with E-state index in [1.165, 1.54) is 4.90 Å². The quantitative estimate of drug-likeness (QED) is 0.732. The Hall–Kier alpha value is -3.08. The third-order valence-electron chi connectivity index (χ3n) is 4.50. The first-order chi connectivity index (χ1) is 13.4. The van der Waals surface area contributed by atoms with Gasteiger partial charge in [0.15, 0.2) is 0 Å². The first-order valence-corrected chi connectivity index (χ1v) is 9.58. The Labute approximate surface area is 166 Å². The monoisotopic (exact) mass is 378 g/mol. The third-order valence-corrected chi connectivity index (χ3v) is 4.50. The largest absolute Gasteiger partial charge is 0.493 e. The molecule has 0 atom stereocenters. The summed E-state index contributed by atoms with van der Waals surface area (Å²) in [4.78, 5) is 27.0. The van der Waals surface area contributed by atoms with E-state index >= 15 is 0 Å². The van der Waals surface area contributed by atoms with Gasteiger partial charge in [-0.15, -0.1) is 0 Å². The average Bonchev–Trinajstić information content (AvgIpc) is 2.90. The summed E-state index contributed by atoms with van der Waals surface area (Å²) < 4.78 is 5.72. The molecule has 5 heteroatoms. The maximum Gasteiger partial charge on any atom is 0.278 e. The Balaban J connectivity index is 1.96. The fourth-order valence-corrected chi connectivity index (χ4v) is 3.09. The highest BCUT2D eigenvalue weighted by molar-refractivity contribution is 6.36. The Morgan fingerprint density at radius 3 is 2.36 bits per heavy atom. The molecule has 1 N–H and O–H groups in total. The molecule has 2 amide bonds. The number of likely N-dealkylation sites (N-methyl/N-ethyl adjacent to an activating group) is 1. The van der Waals surface area contributed by atoms with Crippen molar-refractivity contribution in [2.75, 3.05) is 18.5 Å². The summed E-state index contributed by atoms with van der Waals surface area (Å²) in [7, 11) is 0. The van der Waals surface area contributed by atoms with Gasteiger partial charge >= 0.3 is 0 Å². The molecule has 28 heavy (non-hydrogen) atoms. The fraction of sp³-hybridized carbons (Fsp3) is 0.304. The summed E-state index contributed by atoms with van der Waals surface area (Å²) in [6, 6.07) is 15.0. The van der Waals surface area contributed by atoms with Crippen molar-refractivity contribution in [3.8, 4) is 5.75 Å². The molecule has 146 valence electrons. The topological polar surface area (TPSA) is 58.6 Å². The zero-order valence-electron chi connectivity index (χ0n) is 16.8. The van der Waals surface area contributed by atoms with Crippen LogP contribution in [0.2, 0.25) is 0 Å². The van der Waals surface area contributed by atoms with Crippen molar-refractivity contribution in [1.29, 1.82) is 0 Å². The van der Waals surface area contributed by atoms with Gasteiger partial charge in [-0.25, -0.2) is 0 Å². The van der Waals surface area contributed by atoms with Crippen molar-refractivity contribution < 1.29 is 14.3 Å². The lowest BCUT2D eigenvalue weighted by atomic mass is 10.0. The van der Waals surface area contributed by atoms with Crippen LogP contribution in [0.15, 0.2) is 54.2 Å². The van der Waals surface area contributed by atoms with E-state index in [-0.39, 0.29) is 11.8 Å². The molecule has 0 unspecified atom stereocenters. The summed E-state index contributed by atoms with van der Waals surface area (Å²) in [6.45, 7) is 8.91. The minimum Gasteiger partial charge on any atom is -0.493 e. The van der Waals surface area contributed by atoms with Crippen molar-refractivity contribution in [1.82, 2.24) is 4.90 Å². The number of nitrogens with zero attached hydrogens (tertiary/aromatic N) is 1. The number of carbonyl (C=O) groups is 2. The van der Waals surface area contributed by atoms with Crippen LogP contribution in [0.3, 0.4) is 0 Å². The molecular weight excluding hydrogens is 352 g/mol. The number of nitrogens with one attached hydrogen (secondary N) is 1. The van der Waals surface area contributed by atoms with Crippen LogP contribution in [0.1, 0.15) is 31.9 Å². The summed E-state index contributed by atoms with van der Waals surface area (Å²) >= 11 is 0. The second-order valence-electron chi connectivity index (χ2n) is 7.33. The van der Waals surface area contributed by atoms with Crippen LogP contribution in [0, 0.1) is 12.8 Å². The first kappa shape index (κ1) is 19.7. The van der Waals surface area contributed by atoms with Crippen molar-refractivity contribution in [3.05, 3.63) is 65.4 Å². The molecule has 2 aromatic carbocycles. The predicted molar refractivity (Wildman–Crippen MR) is 111 cm³/mol. The highest BCUT2D eigenvalue weighted by Crippen LogP contribution is 2.31. The molecular formula is C23H26N2O3. The van der Waals surface area contributed by atoms with Crippen LogP contribution < -0.4 is 10.1 Å². The second kappa shape index (κ2) is 8.30. The predicted octanol–water partition coefficient (Wildman–Crippen LogP) is 4.24. The molecule has 0 radical (unpaired) electrons. The molecule has 2 aromatic rings. The van der Waals surface area contributed by atoms with Gasteiger partial charge in [0, 0.05) is 12.2 Å². The van der Waals surface area contributed by atoms with E-state index in [4.69, 9.17) is 4.74 Å². The van der Waals surface area contributed by atoms with Gasteiger partial charge in [0.1, 0.15) is 11.4 Å². The molecule has 1 aliphatic rings. The fourth-order valence-electron chi connectivity index (χ4n) is 3.09. The number of aryl methyl sites for hydroxylation is 1. The maximum absolute atomic E-state index is 12.9. The van der Waals surface area contributed by atoms with Crippen molar-refractivity contribution in [3.63, 3.8) is 0 Å². The molecule has 1 heterocycles. The van der Waals surface area contributed by atoms with Gasteiger partial charge in [-0.3, -0.25) is 14.5 Å². The first-order valence-electron chi connectivity index (χ1n) is 9.58. The molecule has 0 aliphatic carbocycles.